The smallest absolute Gasteiger partial charge is 0.178 e. The van der Waals surface area contributed by atoms with Gasteiger partial charge in [0.2, 0.25) is 0 Å². The highest BCUT2D eigenvalue weighted by Gasteiger charge is 2.10. The molecule has 3 aromatic rings. The summed E-state index contributed by atoms with van der Waals surface area (Å²) >= 11 is 6.12. The largest absolute Gasteiger partial charge is 0.297 e. The van der Waals surface area contributed by atoms with Crippen LogP contribution in [0, 0.1) is 0 Å². The van der Waals surface area contributed by atoms with Crippen LogP contribution in [-0.2, 0) is 0 Å². The Morgan fingerprint density at radius 2 is 2.12 bits per heavy atom. The number of carbonyl (C=O) groups is 1. The number of imidazole rings is 1. The zero-order chi connectivity index (χ0) is 12.0. The van der Waals surface area contributed by atoms with E-state index in [2.05, 4.69) is 4.98 Å². The van der Waals surface area contributed by atoms with Crippen LogP contribution >= 0.6 is 11.6 Å². The Labute approximate surface area is 103 Å². The maximum absolute atomic E-state index is 11.4. The minimum Gasteiger partial charge on any atom is -0.297 e. The zero-order valence-electron chi connectivity index (χ0n) is 9.14. The van der Waals surface area contributed by atoms with Crippen LogP contribution in [0.25, 0.3) is 16.4 Å². The lowest BCUT2D eigenvalue weighted by atomic mass is 10.1. The van der Waals surface area contributed by atoms with Crippen LogP contribution in [0.5, 0.6) is 0 Å². The van der Waals surface area contributed by atoms with Crippen molar-refractivity contribution in [1.82, 2.24) is 9.38 Å². The lowest BCUT2D eigenvalue weighted by Gasteiger charge is -2.03. The molecule has 0 fully saturated rings. The van der Waals surface area contributed by atoms with Gasteiger partial charge in [-0.15, -0.1) is 0 Å². The van der Waals surface area contributed by atoms with Gasteiger partial charge in [-0.25, -0.2) is 4.98 Å². The molecule has 84 valence electrons. The van der Waals surface area contributed by atoms with Gasteiger partial charge in [0.25, 0.3) is 0 Å². The second kappa shape index (κ2) is 3.57. The fourth-order valence-electron chi connectivity index (χ4n) is 2.02. The van der Waals surface area contributed by atoms with E-state index in [0.29, 0.717) is 10.7 Å². The summed E-state index contributed by atoms with van der Waals surface area (Å²) in [6, 6.07) is 7.58. The molecular weight excluding hydrogens is 236 g/mol. The highest BCUT2D eigenvalue weighted by molar-refractivity contribution is 6.35. The average Bonchev–Trinajstić information content (AvgIpc) is 2.73. The molecule has 0 bridgehead atoms. The van der Waals surface area contributed by atoms with Crippen molar-refractivity contribution in [1.29, 1.82) is 0 Å². The summed E-state index contributed by atoms with van der Waals surface area (Å²) in [4.78, 5) is 15.7. The van der Waals surface area contributed by atoms with Crippen molar-refractivity contribution >= 4 is 33.8 Å². The molecule has 0 amide bonds. The van der Waals surface area contributed by atoms with Crippen LogP contribution in [0.2, 0.25) is 5.02 Å². The highest BCUT2D eigenvalue weighted by atomic mass is 35.5. The van der Waals surface area contributed by atoms with Gasteiger partial charge >= 0.3 is 0 Å². The third-order valence-electron chi connectivity index (χ3n) is 2.84. The molecule has 0 aliphatic heterocycles. The van der Waals surface area contributed by atoms with E-state index in [1.54, 1.807) is 10.6 Å². The normalized spacial score (nSPS) is 11.2. The molecule has 0 aliphatic carbocycles. The van der Waals surface area contributed by atoms with E-state index in [1.165, 1.54) is 6.92 Å². The monoisotopic (exact) mass is 244 g/mol. The summed E-state index contributed by atoms with van der Waals surface area (Å²) in [5.74, 6) is -0.00104. The SMILES string of the molecule is CC(=O)c1cnc2c3cccc(Cl)c3ccn12. The Morgan fingerprint density at radius 1 is 1.29 bits per heavy atom. The fourth-order valence-corrected chi connectivity index (χ4v) is 2.26. The number of hydrogen-bond donors (Lipinski definition) is 0. The average molecular weight is 245 g/mol. The van der Waals surface area contributed by atoms with E-state index in [9.17, 15) is 4.79 Å². The summed E-state index contributed by atoms with van der Waals surface area (Å²) < 4.78 is 1.79. The highest BCUT2D eigenvalue weighted by Crippen LogP contribution is 2.26. The molecule has 1 aromatic carbocycles. The molecule has 0 spiro atoms. The van der Waals surface area contributed by atoms with Gasteiger partial charge in [-0.2, -0.15) is 0 Å². The number of benzene rings is 1. The maximum Gasteiger partial charge on any atom is 0.178 e. The van der Waals surface area contributed by atoms with Gasteiger partial charge in [0.1, 0.15) is 11.3 Å². The van der Waals surface area contributed by atoms with E-state index < -0.39 is 0 Å². The number of carbonyl (C=O) groups excluding carboxylic acids is 1. The molecule has 2 heterocycles. The van der Waals surface area contributed by atoms with Gasteiger partial charge in [-0.3, -0.25) is 9.20 Å². The molecule has 2 aromatic heterocycles. The molecule has 0 saturated heterocycles. The first kappa shape index (κ1) is 10.3. The molecule has 3 rings (SSSR count). The van der Waals surface area contributed by atoms with Crippen molar-refractivity contribution < 1.29 is 4.79 Å². The number of pyridine rings is 1. The quantitative estimate of drug-likeness (QED) is 0.616. The first-order valence-electron chi connectivity index (χ1n) is 5.24. The summed E-state index contributed by atoms with van der Waals surface area (Å²) in [6.45, 7) is 1.53. The minimum absolute atomic E-state index is 0.00104. The third kappa shape index (κ3) is 1.43. The van der Waals surface area contributed by atoms with Crippen LogP contribution in [0.4, 0.5) is 0 Å². The van der Waals surface area contributed by atoms with Gasteiger partial charge in [0, 0.05) is 28.9 Å². The van der Waals surface area contributed by atoms with Crippen molar-refractivity contribution in [3.63, 3.8) is 0 Å². The van der Waals surface area contributed by atoms with Crippen molar-refractivity contribution in [3.8, 4) is 0 Å². The van der Waals surface area contributed by atoms with Crippen LogP contribution < -0.4 is 0 Å². The molecule has 0 saturated carbocycles. The number of fused-ring (bicyclic) bond motifs is 3. The minimum atomic E-state index is -0.00104. The van der Waals surface area contributed by atoms with E-state index >= 15 is 0 Å². The molecular formula is C13H9ClN2O. The van der Waals surface area contributed by atoms with Crippen LogP contribution in [0.15, 0.2) is 36.7 Å². The molecule has 0 radical (unpaired) electrons. The van der Waals surface area contributed by atoms with Crippen molar-refractivity contribution in [2.24, 2.45) is 0 Å². The Morgan fingerprint density at radius 3 is 2.88 bits per heavy atom. The number of Topliss-reactive ketones (excluding diaryl/α,β-unsaturated/α-hetero) is 1. The third-order valence-corrected chi connectivity index (χ3v) is 3.17. The lowest BCUT2D eigenvalue weighted by molar-refractivity contribution is 0.101. The van der Waals surface area contributed by atoms with Crippen molar-refractivity contribution in [2.45, 2.75) is 6.92 Å². The second-order valence-corrected chi connectivity index (χ2v) is 4.32. The Bertz CT molecular complexity index is 746. The maximum atomic E-state index is 11.4. The number of ketones is 1. The molecule has 3 nitrogen and oxygen atoms in total. The summed E-state index contributed by atoms with van der Waals surface area (Å²) in [7, 11) is 0. The van der Waals surface area contributed by atoms with Crippen molar-refractivity contribution in [2.75, 3.05) is 0 Å². The molecule has 0 N–H and O–H groups in total. The van der Waals surface area contributed by atoms with Crippen LogP contribution in [0.1, 0.15) is 17.4 Å². The first-order chi connectivity index (χ1) is 8.18. The number of halogens is 1. The number of rotatable bonds is 1. The molecule has 17 heavy (non-hydrogen) atoms. The second-order valence-electron chi connectivity index (χ2n) is 3.91. The summed E-state index contributed by atoms with van der Waals surface area (Å²) in [6.07, 6.45) is 3.42. The number of hydrogen-bond acceptors (Lipinski definition) is 2. The number of aromatic nitrogens is 2. The van der Waals surface area contributed by atoms with Crippen molar-refractivity contribution in [3.05, 3.63) is 47.4 Å². The van der Waals surface area contributed by atoms with E-state index in [-0.39, 0.29) is 5.78 Å². The van der Waals surface area contributed by atoms with E-state index in [0.717, 1.165) is 16.4 Å². The predicted molar refractivity (Wildman–Crippen MR) is 67.7 cm³/mol. The molecule has 0 aliphatic rings. The Hall–Kier alpha value is -1.87. The van der Waals surface area contributed by atoms with E-state index in [4.69, 9.17) is 11.6 Å². The van der Waals surface area contributed by atoms with Gasteiger partial charge in [0.05, 0.1) is 6.20 Å². The fraction of sp³-hybridized carbons (Fsp3) is 0.0769. The predicted octanol–water partition coefficient (Wildman–Crippen LogP) is 3.34. The summed E-state index contributed by atoms with van der Waals surface area (Å²) in [5.41, 5.74) is 1.34. The standard InChI is InChI=1S/C13H9ClN2O/c1-8(17)12-7-15-13-10-3-2-4-11(14)9(10)5-6-16(12)13/h2-7H,1H3. The van der Waals surface area contributed by atoms with Crippen LogP contribution in [-0.4, -0.2) is 15.2 Å². The first-order valence-corrected chi connectivity index (χ1v) is 5.61. The Balaban J connectivity index is 2.50. The summed E-state index contributed by atoms with van der Waals surface area (Å²) in [5, 5.41) is 2.59. The van der Waals surface area contributed by atoms with Gasteiger partial charge < -0.3 is 0 Å². The zero-order valence-corrected chi connectivity index (χ0v) is 9.90. The molecule has 0 atom stereocenters. The Kier molecular flexibility index (Phi) is 2.16. The van der Waals surface area contributed by atoms with Crippen LogP contribution in [0.3, 0.4) is 0 Å². The molecule has 4 heteroatoms. The van der Waals surface area contributed by atoms with Gasteiger partial charge in [-0.05, 0) is 12.1 Å². The topological polar surface area (TPSA) is 34.4 Å². The molecule has 0 unspecified atom stereocenters. The van der Waals surface area contributed by atoms with Gasteiger partial charge in [-0.1, -0.05) is 23.7 Å². The number of nitrogens with zero attached hydrogens (tertiary/aromatic N) is 2. The van der Waals surface area contributed by atoms with E-state index in [1.807, 2.05) is 30.5 Å². The van der Waals surface area contributed by atoms with Gasteiger partial charge in [0.15, 0.2) is 5.78 Å². The lowest BCUT2D eigenvalue weighted by Crippen LogP contribution is -1.98.